The minimum atomic E-state index is 0.952. The minimum Gasteiger partial charge on any atom is -0.314 e. The van der Waals surface area contributed by atoms with Gasteiger partial charge in [0.2, 0.25) is 0 Å². The summed E-state index contributed by atoms with van der Waals surface area (Å²) < 4.78 is 1.36. The van der Waals surface area contributed by atoms with E-state index < -0.39 is 0 Å². The average molecular weight is 632 g/mol. The topological polar surface area (TPSA) is 3.24 Å². The highest BCUT2D eigenvalue weighted by atomic mass is 32.1. The van der Waals surface area contributed by atoms with Gasteiger partial charge < -0.3 is 4.90 Å². The van der Waals surface area contributed by atoms with E-state index in [2.05, 4.69) is 181 Å². The molecular formula is C46H33NS. The molecule has 0 bridgehead atoms. The van der Waals surface area contributed by atoms with E-state index in [9.17, 15) is 0 Å². The van der Waals surface area contributed by atoms with Crippen molar-refractivity contribution in [1.29, 1.82) is 0 Å². The first-order valence-electron chi connectivity index (χ1n) is 16.6. The lowest BCUT2D eigenvalue weighted by atomic mass is 9.87. The van der Waals surface area contributed by atoms with Crippen LogP contribution in [0.2, 0.25) is 0 Å². The van der Waals surface area contributed by atoms with Gasteiger partial charge in [-0.1, -0.05) is 140 Å². The molecule has 1 aliphatic rings. The number of fused-ring (bicyclic) bond motifs is 4. The number of rotatable bonds is 6. The first-order chi connectivity index (χ1) is 23.8. The lowest BCUT2D eigenvalue weighted by Gasteiger charge is -2.33. The Labute approximate surface area is 285 Å². The Bertz CT molecular complexity index is 2420. The van der Waals surface area contributed by atoms with Gasteiger partial charge in [0.1, 0.15) is 0 Å². The molecule has 7 aromatic carbocycles. The predicted molar refractivity (Wildman–Crippen MR) is 206 cm³/mol. The standard InChI is InChI=1S/C46H33NS/c1-3-11-32(12-4-1)34-19-21-35(22-20-34)36-25-27-40(28-26-36)47(39-15-5-2-6-16-39)43-30-29-42-41-17-9-10-18-44(41)48-46(42)45(43)38-24-23-33-13-7-8-14-37(33)31-38/h1-28,31H,29-30H2. The van der Waals surface area contributed by atoms with Crippen LogP contribution in [0.5, 0.6) is 0 Å². The van der Waals surface area contributed by atoms with Gasteiger partial charge in [-0.3, -0.25) is 0 Å². The van der Waals surface area contributed by atoms with E-state index in [1.165, 1.54) is 81.8 Å². The molecule has 0 radical (unpaired) electrons. The molecule has 228 valence electrons. The second kappa shape index (κ2) is 12.2. The maximum atomic E-state index is 2.50. The molecule has 1 aromatic heterocycles. The van der Waals surface area contributed by atoms with Crippen LogP contribution in [0, 0.1) is 0 Å². The molecule has 1 aliphatic carbocycles. The summed E-state index contributed by atoms with van der Waals surface area (Å²) in [5.74, 6) is 0. The van der Waals surface area contributed by atoms with Gasteiger partial charge in [-0.05, 0) is 98.8 Å². The smallest absolute Gasteiger partial charge is 0.0459 e. The highest BCUT2D eigenvalue weighted by molar-refractivity contribution is 7.20. The number of aryl methyl sites for hydroxylation is 1. The van der Waals surface area contributed by atoms with Gasteiger partial charge in [-0.15, -0.1) is 11.3 Å². The molecule has 0 aliphatic heterocycles. The van der Waals surface area contributed by atoms with Crippen molar-refractivity contribution in [1.82, 2.24) is 0 Å². The van der Waals surface area contributed by atoms with Crippen molar-refractivity contribution < 1.29 is 0 Å². The third-order valence-electron chi connectivity index (χ3n) is 9.60. The zero-order chi connectivity index (χ0) is 31.9. The van der Waals surface area contributed by atoms with Gasteiger partial charge in [0.15, 0.2) is 0 Å². The quantitative estimate of drug-likeness (QED) is 0.176. The molecule has 0 fully saturated rings. The fraction of sp³-hybridized carbons (Fsp3) is 0.0435. The van der Waals surface area contributed by atoms with Crippen LogP contribution in [-0.4, -0.2) is 0 Å². The number of nitrogens with zero attached hydrogens (tertiary/aromatic N) is 1. The van der Waals surface area contributed by atoms with E-state index in [-0.39, 0.29) is 0 Å². The first-order valence-corrected chi connectivity index (χ1v) is 17.5. The number of thiophene rings is 1. The second-order valence-corrected chi connectivity index (χ2v) is 13.5. The van der Waals surface area contributed by atoms with Crippen molar-refractivity contribution >= 4 is 49.1 Å². The number of hydrogen-bond acceptors (Lipinski definition) is 2. The van der Waals surface area contributed by atoms with Crippen LogP contribution >= 0.6 is 11.3 Å². The van der Waals surface area contributed by atoms with E-state index in [1.807, 2.05) is 11.3 Å². The van der Waals surface area contributed by atoms with E-state index in [0.717, 1.165) is 12.8 Å². The molecule has 0 unspecified atom stereocenters. The summed E-state index contributed by atoms with van der Waals surface area (Å²) in [5.41, 5.74) is 12.7. The predicted octanol–water partition coefficient (Wildman–Crippen LogP) is 12.9. The zero-order valence-electron chi connectivity index (χ0n) is 26.5. The Hall–Kier alpha value is -5.70. The Kier molecular flexibility index (Phi) is 7.22. The molecule has 0 N–H and O–H groups in total. The van der Waals surface area contributed by atoms with Crippen LogP contribution in [-0.2, 0) is 6.42 Å². The van der Waals surface area contributed by atoms with E-state index >= 15 is 0 Å². The van der Waals surface area contributed by atoms with Crippen molar-refractivity contribution in [2.45, 2.75) is 12.8 Å². The monoisotopic (exact) mass is 631 g/mol. The Morgan fingerprint density at radius 2 is 0.958 bits per heavy atom. The molecule has 0 saturated carbocycles. The molecule has 48 heavy (non-hydrogen) atoms. The number of para-hydroxylation sites is 1. The minimum absolute atomic E-state index is 0.952. The molecular weight excluding hydrogens is 599 g/mol. The highest BCUT2D eigenvalue weighted by Crippen LogP contribution is 2.48. The van der Waals surface area contributed by atoms with Crippen LogP contribution in [0.4, 0.5) is 11.4 Å². The average Bonchev–Trinajstić information content (AvgIpc) is 3.55. The van der Waals surface area contributed by atoms with Crippen molar-refractivity contribution in [2.75, 3.05) is 4.90 Å². The van der Waals surface area contributed by atoms with Crippen molar-refractivity contribution in [3.8, 4) is 22.3 Å². The molecule has 0 amide bonds. The van der Waals surface area contributed by atoms with Crippen LogP contribution < -0.4 is 4.90 Å². The Balaban J connectivity index is 1.20. The number of allylic oxidation sites excluding steroid dienone is 1. The number of hydrogen-bond donors (Lipinski definition) is 0. The van der Waals surface area contributed by atoms with Crippen molar-refractivity contribution in [3.05, 3.63) is 198 Å². The summed E-state index contributed by atoms with van der Waals surface area (Å²) in [4.78, 5) is 3.89. The van der Waals surface area contributed by atoms with Crippen LogP contribution in [0.15, 0.2) is 182 Å². The lowest BCUT2D eigenvalue weighted by molar-refractivity contribution is 0.897. The largest absolute Gasteiger partial charge is 0.314 e. The molecule has 0 saturated heterocycles. The van der Waals surface area contributed by atoms with E-state index in [0.29, 0.717) is 0 Å². The first kappa shape index (κ1) is 28.5. The Morgan fingerprint density at radius 3 is 1.69 bits per heavy atom. The van der Waals surface area contributed by atoms with Crippen molar-refractivity contribution in [3.63, 3.8) is 0 Å². The normalized spacial score (nSPS) is 12.8. The van der Waals surface area contributed by atoms with Gasteiger partial charge in [-0.2, -0.15) is 0 Å². The van der Waals surface area contributed by atoms with Crippen LogP contribution in [0.1, 0.15) is 22.4 Å². The molecule has 2 heteroatoms. The zero-order valence-corrected chi connectivity index (χ0v) is 27.3. The SMILES string of the molecule is c1ccc(-c2ccc(-c3ccc(N(C4=C(c5ccc6ccccc6c5)c5sc6ccccc6c5CC4)c4ccccc4)cc3)cc2)cc1. The molecule has 8 aromatic rings. The van der Waals surface area contributed by atoms with E-state index in [4.69, 9.17) is 0 Å². The molecule has 9 rings (SSSR count). The molecule has 0 spiro atoms. The maximum absolute atomic E-state index is 2.50. The Morgan fingerprint density at radius 1 is 0.417 bits per heavy atom. The maximum Gasteiger partial charge on any atom is 0.0459 e. The summed E-state index contributed by atoms with van der Waals surface area (Å²) in [6.45, 7) is 0. The highest BCUT2D eigenvalue weighted by Gasteiger charge is 2.29. The molecule has 1 heterocycles. The summed E-state index contributed by atoms with van der Waals surface area (Å²) in [5, 5.41) is 3.93. The molecule has 0 atom stereocenters. The van der Waals surface area contributed by atoms with Crippen LogP contribution in [0.3, 0.4) is 0 Å². The summed E-state index contributed by atoms with van der Waals surface area (Å²) in [7, 11) is 0. The van der Waals surface area contributed by atoms with Gasteiger partial charge in [0.05, 0.1) is 0 Å². The second-order valence-electron chi connectivity index (χ2n) is 12.5. The van der Waals surface area contributed by atoms with Crippen LogP contribution in [0.25, 0.3) is 48.7 Å². The summed E-state index contributed by atoms with van der Waals surface area (Å²) in [6.07, 6.45) is 1.97. The lowest BCUT2D eigenvalue weighted by Crippen LogP contribution is -2.21. The third kappa shape index (κ3) is 5.12. The number of anilines is 2. The summed E-state index contributed by atoms with van der Waals surface area (Å²) >= 11 is 1.93. The van der Waals surface area contributed by atoms with Gasteiger partial charge in [-0.25, -0.2) is 0 Å². The fourth-order valence-corrected chi connectivity index (χ4v) is 8.58. The fourth-order valence-electron chi connectivity index (χ4n) is 7.24. The molecule has 1 nitrogen and oxygen atoms in total. The summed E-state index contributed by atoms with van der Waals surface area (Å²) in [6, 6.07) is 64.1. The van der Waals surface area contributed by atoms with Gasteiger partial charge in [0.25, 0.3) is 0 Å². The van der Waals surface area contributed by atoms with Gasteiger partial charge in [0, 0.05) is 32.2 Å². The third-order valence-corrected chi connectivity index (χ3v) is 10.8. The van der Waals surface area contributed by atoms with Crippen molar-refractivity contribution in [2.24, 2.45) is 0 Å². The number of benzene rings is 7. The van der Waals surface area contributed by atoms with E-state index in [1.54, 1.807) is 0 Å². The van der Waals surface area contributed by atoms with Gasteiger partial charge >= 0.3 is 0 Å².